The van der Waals surface area contributed by atoms with Gasteiger partial charge in [-0.05, 0) is 42.5 Å². The third kappa shape index (κ3) is 3.55. The predicted octanol–water partition coefficient (Wildman–Crippen LogP) is 3.60. The minimum atomic E-state index is -0.183. The molecule has 0 spiro atoms. The molecule has 110 valence electrons. The van der Waals surface area contributed by atoms with Gasteiger partial charge in [-0.1, -0.05) is 42.0 Å². The van der Waals surface area contributed by atoms with Gasteiger partial charge in [-0.25, -0.2) is 4.98 Å². The first-order valence-electron chi connectivity index (χ1n) is 7.37. The van der Waals surface area contributed by atoms with Gasteiger partial charge in [0, 0.05) is 13.1 Å². The molecule has 0 atom stereocenters. The molecule has 1 N–H and O–H groups in total. The Morgan fingerprint density at radius 3 is 2.81 bits per heavy atom. The highest BCUT2D eigenvalue weighted by Crippen LogP contribution is 2.27. The first-order valence-corrected chi connectivity index (χ1v) is 7.74. The lowest BCUT2D eigenvalue weighted by atomic mass is 10.0. The number of hydrogen-bond acceptors (Lipinski definition) is 3. The van der Waals surface area contributed by atoms with Crippen LogP contribution in [0.4, 0.5) is 5.82 Å². The van der Waals surface area contributed by atoms with Crippen molar-refractivity contribution in [1.82, 2.24) is 4.98 Å². The van der Waals surface area contributed by atoms with Crippen LogP contribution in [0.2, 0.25) is 5.15 Å². The predicted molar refractivity (Wildman–Crippen MR) is 87.6 cm³/mol. The van der Waals surface area contributed by atoms with Crippen molar-refractivity contribution < 1.29 is 5.11 Å². The molecule has 0 saturated carbocycles. The minimum absolute atomic E-state index is 0.183. The Morgan fingerprint density at radius 1 is 1.19 bits per heavy atom. The van der Waals surface area contributed by atoms with Gasteiger partial charge in [0.25, 0.3) is 0 Å². The SMILES string of the molecule is OC1CCN(c2cc(C3=CC=CCC=C3)cc(Cl)n2)CC1. The van der Waals surface area contributed by atoms with Gasteiger partial charge in [0.05, 0.1) is 6.10 Å². The number of hydrogen-bond donors (Lipinski definition) is 1. The van der Waals surface area contributed by atoms with Crippen LogP contribution < -0.4 is 4.90 Å². The summed E-state index contributed by atoms with van der Waals surface area (Å²) in [6.07, 6.45) is 12.9. The summed E-state index contributed by atoms with van der Waals surface area (Å²) >= 11 is 6.20. The average molecular weight is 303 g/mol. The summed E-state index contributed by atoms with van der Waals surface area (Å²) in [5.74, 6) is 0.895. The second kappa shape index (κ2) is 6.46. The van der Waals surface area contributed by atoms with Crippen LogP contribution in [-0.2, 0) is 0 Å². The second-order valence-electron chi connectivity index (χ2n) is 5.44. The number of aromatic nitrogens is 1. The number of piperidine rings is 1. The number of nitrogens with zero attached hydrogens (tertiary/aromatic N) is 2. The van der Waals surface area contributed by atoms with Gasteiger partial charge in [0.15, 0.2) is 0 Å². The molecular weight excluding hydrogens is 284 g/mol. The van der Waals surface area contributed by atoms with Crippen LogP contribution in [0.5, 0.6) is 0 Å². The Hall–Kier alpha value is -1.58. The maximum Gasteiger partial charge on any atom is 0.132 e. The third-order valence-electron chi connectivity index (χ3n) is 3.88. The van der Waals surface area contributed by atoms with Crippen molar-refractivity contribution in [3.63, 3.8) is 0 Å². The van der Waals surface area contributed by atoms with E-state index in [2.05, 4.69) is 46.3 Å². The van der Waals surface area contributed by atoms with Crippen molar-refractivity contribution in [1.29, 1.82) is 0 Å². The molecule has 1 saturated heterocycles. The number of anilines is 1. The van der Waals surface area contributed by atoms with Gasteiger partial charge in [-0.2, -0.15) is 0 Å². The van der Waals surface area contributed by atoms with Crippen molar-refractivity contribution in [2.24, 2.45) is 0 Å². The van der Waals surface area contributed by atoms with E-state index in [1.807, 2.05) is 6.07 Å². The molecule has 0 aromatic carbocycles. The van der Waals surface area contributed by atoms with Crippen LogP contribution in [0, 0.1) is 0 Å². The van der Waals surface area contributed by atoms with Crippen molar-refractivity contribution in [2.45, 2.75) is 25.4 Å². The Balaban J connectivity index is 1.89. The monoisotopic (exact) mass is 302 g/mol. The van der Waals surface area contributed by atoms with Crippen LogP contribution in [0.1, 0.15) is 24.8 Å². The molecule has 0 radical (unpaired) electrons. The quantitative estimate of drug-likeness (QED) is 0.848. The lowest BCUT2D eigenvalue weighted by molar-refractivity contribution is 0.145. The molecule has 3 nitrogen and oxygen atoms in total. The molecule has 4 heteroatoms. The van der Waals surface area contributed by atoms with Crippen molar-refractivity contribution in [3.8, 4) is 0 Å². The van der Waals surface area contributed by atoms with Crippen LogP contribution in [0.3, 0.4) is 0 Å². The number of pyridine rings is 1. The van der Waals surface area contributed by atoms with Crippen molar-refractivity contribution >= 4 is 23.0 Å². The van der Waals surface area contributed by atoms with Crippen molar-refractivity contribution in [2.75, 3.05) is 18.0 Å². The zero-order valence-corrected chi connectivity index (χ0v) is 12.6. The van der Waals surface area contributed by atoms with E-state index < -0.39 is 0 Å². The third-order valence-corrected chi connectivity index (χ3v) is 4.08. The summed E-state index contributed by atoms with van der Waals surface area (Å²) in [6, 6.07) is 3.98. The van der Waals surface area contributed by atoms with E-state index in [4.69, 9.17) is 11.6 Å². The molecule has 0 unspecified atom stereocenters. The van der Waals surface area contributed by atoms with Gasteiger partial charge in [0.1, 0.15) is 11.0 Å². The normalized spacial score (nSPS) is 19.5. The van der Waals surface area contributed by atoms with Gasteiger partial charge < -0.3 is 10.0 Å². The van der Waals surface area contributed by atoms with E-state index in [9.17, 15) is 5.11 Å². The fraction of sp³-hybridized carbons (Fsp3) is 0.353. The molecule has 1 fully saturated rings. The maximum atomic E-state index is 9.62. The Labute approximate surface area is 130 Å². The first kappa shape index (κ1) is 14.4. The van der Waals surface area contributed by atoms with Crippen LogP contribution in [-0.4, -0.2) is 29.3 Å². The summed E-state index contributed by atoms with van der Waals surface area (Å²) in [4.78, 5) is 6.63. The molecule has 0 amide bonds. The fourth-order valence-electron chi connectivity index (χ4n) is 2.68. The summed E-state index contributed by atoms with van der Waals surface area (Å²) in [7, 11) is 0. The Morgan fingerprint density at radius 2 is 2.00 bits per heavy atom. The maximum absolute atomic E-state index is 9.62. The molecule has 1 aliphatic carbocycles. The zero-order valence-electron chi connectivity index (χ0n) is 11.9. The smallest absolute Gasteiger partial charge is 0.132 e. The highest BCUT2D eigenvalue weighted by atomic mass is 35.5. The molecule has 1 aromatic rings. The summed E-state index contributed by atoms with van der Waals surface area (Å²) in [6.45, 7) is 1.64. The van der Waals surface area contributed by atoms with E-state index in [-0.39, 0.29) is 6.10 Å². The van der Waals surface area contributed by atoms with Gasteiger partial charge in [-0.3, -0.25) is 0 Å². The zero-order chi connectivity index (χ0) is 14.7. The van der Waals surface area contributed by atoms with Crippen molar-refractivity contribution in [3.05, 3.63) is 53.2 Å². The topological polar surface area (TPSA) is 36.4 Å². The highest BCUT2D eigenvalue weighted by molar-refractivity contribution is 6.29. The molecule has 0 bridgehead atoms. The summed E-state index contributed by atoms with van der Waals surface area (Å²) in [5.41, 5.74) is 2.23. The van der Waals surface area contributed by atoms with Crippen LogP contribution in [0.25, 0.3) is 5.57 Å². The second-order valence-corrected chi connectivity index (χ2v) is 5.83. The van der Waals surface area contributed by atoms with Gasteiger partial charge in [0.2, 0.25) is 0 Å². The number of halogens is 1. The van der Waals surface area contributed by atoms with Gasteiger partial charge >= 0.3 is 0 Å². The highest BCUT2D eigenvalue weighted by Gasteiger charge is 2.19. The molecule has 1 aromatic heterocycles. The summed E-state index contributed by atoms with van der Waals surface area (Å²) in [5, 5.41) is 10.1. The van der Waals surface area contributed by atoms with E-state index in [1.54, 1.807) is 0 Å². The Kier molecular flexibility index (Phi) is 4.42. The summed E-state index contributed by atoms with van der Waals surface area (Å²) < 4.78 is 0. The average Bonchev–Trinajstić information content (AvgIpc) is 2.76. The minimum Gasteiger partial charge on any atom is -0.393 e. The number of aliphatic hydroxyl groups is 1. The molecule has 1 aliphatic heterocycles. The van der Waals surface area contributed by atoms with Crippen LogP contribution >= 0.6 is 11.6 Å². The number of aliphatic hydroxyl groups excluding tert-OH is 1. The molecule has 2 heterocycles. The van der Waals surface area contributed by atoms with Gasteiger partial charge in [-0.15, -0.1) is 0 Å². The lowest BCUT2D eigenvalue weighted by Gasteiger charge is -2.30. The van der Waals surface area contributed by atoms with E-state index in [0.717, 1.165) is 49.3 Å². The van der Waals surface area contributed by atoms with E-state index >= 15 is 0 Å². The number of rotatable bonds is 2. The molecular formula is C17H19ClN2O. The largest absolute Gasteiger partial charge is 0.393 e. The molecule has 2 aliphatic rings. The lowest BCUT2D eigenvalue weighted by Crippen LogP contribution is -2.36. The Bertz CT molecular complexity index is 599. The first-order chi connectivity index (χ1) is 10.2. The fourth-order valence-corrected chi connectivity index (χ4v) is 2.88. The van der Waals surface area contributed by atoms with E-state index in [0.29, 0.717) is 5.15 Å². The van der Waals surface area contributed by atoms with E-state index in [1.165, 1.54) is 0 Å². The molecule has 21 heavy (non-hydrogen) atoms. The number of allylic oxidation sites excluding steroid dienone is 6. The van der Waals surface area contributed by atoms with Crippen LogP contribution in [0.15, 0.2) is 42.5 Å². The standard InChI is InChI=1S/C17H19ClN2O/c18-16-11-14(13-5-3-1-2-4-6-13)12-17(19-16)20-9-7-15(21)8-10-20/h1,3-6,11-12,15,21H,2,7-10H2. The molecule has 3 rings (SSSR count).